The van der Waals surface area contributed by atoms with Crippen LogP contribution in [0.4, 0.5) is 0 Å². The van der Waals surface area contributed by atoms with E-state index in [1.807, 2.05) is 20.2 Å². The van der Waals surface area contributed by atoms with Gasteiger partial charge in [-0.05, 0) is 48.8 Å². The molecular weight excluding hydrogens is 330 g/mol. The van der Waals surface area contributed by atoms with Crippen LogP contribution in [0.1, 0.15) is 49.0 Å². The van der Waals surface area contributed by atoms with Gasteiger partial charge in [0, 0.05) is 12.1 Å². The van der Waals surface area contributed by atoms with Crippen molar-refractivity contribution in [3.8, 4) is 0 Å². The second-order valence-corrected chi connectivity index (χ2v) is 5.92. The number of aryl methyl sites for hydroxylation is 3. The van der Waals surface area contributed by atoms with Crippen LogP contribution in [0, 0.1) is 6.92 Å². The van der Waals surface area contributed by atoms with Crippen molar-refractivity contribution in [3.63, 3.8) is 0 Å². The fourth-order valence-electron chi connectivity index (χ4n) is 2.55. The van der Waals surface area contributed by atoms with E-state index in [9.17, 15) is 0 Å². The van der Waals surface area contributed by atoms with Crippen LogP contribution in [-0.4, -0.2) is 27.0 Å². The van der Waals surface area contributed by atoms with E-state index in [-0.39, 0.29) is 6.04 Å². The van der Waals surface area contributed by atoms with Crippen LogP contribution >= 0.6 is 15.9 Å². The molecule has 6 heteroatoms. The summed E-state index contributed by atoms with van der Waals surface area (Å²) in [6.45, 7) is 7.14. The third-order valence-electron chi connectivity index (χ3n) is 3.50. The fourth-order valence-corrected chi connectivity index (χ4v) is 3.07. The Morgan fingerprint density at radius 1 is 1.33 bits per heavy atom. The van der Waals surface area contributed by atoms with Gasteiger partial charge in [0.15, 0.2) is 0 Å². The molecule has 114 valence electrons. The third-order valence-corrected chi connectivity index (χ3v) is 4.11. The summed E-state index contributed by atoms with van der Waals surface area (Å²) >= 11 is 3.63. The van der Waals surface area contributed by atoms with E-state index in [0.717, 1.165) is 40.9 Å². The van der Waals surface area contributed by atoms with E-state index < -0.39 is 0 Å². The van der Waals surface area contributed by atoms with Crippen LogP contribution in [0.3, 0.4) is 0 Å². The highest BCUT2D eigenvalue weighted by atomic mass is 79.9. The van der Waals surface area contributed by atoms with E-state index >= 15 is 0 Å². The molecule has 1 N–H and O–H groups in total. The summed E-state index contributed by atoms with van der Waals surface area (Å²) in [7, 11) is 1.97. The first kappa shape index (κ1) is 16.1. The van der Waals surface area contributed by atoms with Gasteiger partial charge in [0.05, 0.1) is 33.8 Å². The molecule has 0 aliphatic carbocycles. The van der Waals surface area contributed by atoms with Crippen molar-refractivity contribution >= 4 is 15.9 Å². The Morgan fingerprint density at radius 3 is 2.71 bits per heavy atom. The van der Waals surface area contributed by atoms with Crippen molar-refractivity contribution in [2.75, 3.05) is 7.05 Å². The summed E-state index contributed by atoms with van der Waals surface area (Å²) in [5.41, 5.74) is 4.27. The molecule has 1 atom stereocenters. The first-order valence-electron chi connectivity index (χ1n) is 7.33. The van der Waals surface area contributed by atoms with Gasteiger partial charge in [0.2, 0.25) is 0 Å². The Kier molecular flexibility index (Phi) is 5.47. The van der Waals surface area contributed by atoms with Gasteiger partial charge in [0.1, 0.15) is 0 Å². The van der Waals surface area contributed by atoms with Crippen molar-refractivity contribution in [2.24, 2.45) is 0 Å². The molecule has 0 fully saturated rings. The zero-order valence-corrected chi connectivity index (χ0v) is 14.6. The van der Waals surface area contributed by atoms with Crippen LogP contribution in [0.15, 0.2) is 16.7 Å². The molecular formula is C15H22BrN5. The Morgan fingerprint density at radius 2 is 2.10 bits per heavy atom. The zero-order chi connectivity index (χ0) is 15.4. The average molecular weight is 352 g/mol. The molecule has 0 aliphatic rings. The van der Waals surface area contributed by atoms with Gasteiger partial charge in [-0.3, -0.25) is 4.68 Å². The van der Waals surface area contributed by atoms with E-state index in [0.29, 0.717) is 0 Å². The number of aromatic nitrogens is 4. The predicted octanol–water partition coefficient (Wildman–Crippen LogP) is 3.03. The summed E-state index contributed by atoms with van der Waals surface area (Å²) in [4.78, 5) is 0. The maximum absolute atomic E-state index is 4.47. The standard InChI is InChI=1S/C15H22BrN5/c1-5-7-21-15(12(16)9-18-21)14(17-4)11-8-10(3)19-20-13(11)6-2/h8-9,14,17H,5-7H2,1-4H3. The fraction of sp³-hybridized carbons (Fsp3) is 0.533. The van der Waals surface area contributed by atoms with Gasteiger partial charge in [-0.2, -0.15) is 15.3 Å². The molecule has 2 aromatic rings. The first-order chi connectivity index (χ1) is 10.1. The minimum absolute atomic E-state index is 0.0533. The van der Waals surface area contributed by atoms with Gasteiger partial charge in [-0.25, -0.2) is 0 Å². The summed E-state index contributed by atoms with van der Waals surface area (Å²) in [5, 5.41) is 16.4. The number of nitrogens with zero attached hydrogens (tertiary/aromatic N) is 4. The van der Waals surface area contributed by atoms with E-state index in [1.165, 1.54) is 5.56 Å². The van der Waals surface area contributed by atoms with E-state index in [1.54, 1.807) is 0 Å². The van der Waals surface area contributed by atoms with E-state index in [2.05, 4.69) is 61.1 Å². The van der Waals surface area contributed by atoms with Crippen molar-refractivity contribution in [1.82, 2.24) is 25.3 Å². The molecule has 1 unspecified atom stereocenters. The molecule has 0 amide bonds. The number of hydrogen-bond acceptors (Lipinski definition) is 4. The second-order valence-electron chi connectivity index (χ2n) is 5.06. The van der Waals surface area contributed by atoms with Crippen molar-refractivity contribution in [3.05, 3.63) is 39.4 Å². The van der Waals surface area contributed by atoms with E-state index in [4.69, 9.17) is 0 Å². The summed E-state index contributed by atoms with van der Waals surface area (Å²) < 4.78 is 3.08. The smallest absolute Gasteiger partial charge is 0.0776 e. The molecule has 0 aliphatic heterocycles. The van der Waals surface area contributed by atoms with Crippen LogP contribution in [-0.2, 0) is 13.0 Å². The predicted molar refractivity (Wildman–Crippen MR) is 87.3 cm³/mol. The number of nitrogens with one attached hydrogen (secondary N) is 1. The van der Waals surface area contributed by atoms with Crippen molar-refractivity contribution in [1.29, 1.82) is 0 Å². The van der Waals surface area contributed by atoms with Gasteiger partial charge in [-0.1, -0.05) is 13.8 Å². The SMILES string of the molecule is CCCn1ncc(Br)c1C(NC)c1cc(C)nnc1CC. The number of hydrogen-bond donors (Lipinski definition) is 1. The molecule has 0 aromatic carbocycles. The van der Waals surface area contributed by atoms with Gasteiger partial charge in [0.25, 0.3) is 0 Å². The lowest BCUT2D eigenvalue weighted by Gasteiger charge is -2.21. The maximum Gasteiger partial charge on any atom is 0.0776 e. The van der Waals surface area contributed by atoms with Crippen LogP contribution in [0.5, 0.6) is 0 Å². The highest BCUT2D eigenvalue weighted by Gasteiger charge is 2.23. The second kappa shape index (κ2) is 7.13. The molecule has 5 nitrogen and oxygen atoms in total. The Balaban J connectivity index is 2.54. The average Bonchev–Trinajstić information content (AvgIpc) is 2.82. The zero-order valence-electron chi connectivity index (χ0n) is 13.0. The molecule has 21 heavy (non-hydrogen) atoms. The minimum Gasteiger partial charge on any atom is -0.308 e. The summed E-state index contributed by atoms with van der Waals surface area (Å²) in [6, 6.07) is 2.17. The van der Waals surface area contributed by atoms with Crippen LogP contribution in [0.25, 0.3) is 0 Å². The molecule has 2 rings (SSSR count). The molecule has 0 radical (unpaired) electrons. The molecule has 2 heterocycles. The van der Waals surface area contributed by atoms with Gasteiger partial charge in [-0.15, -0.1) is 0 Å². The van der Waals surface area contributed by atoms with Gasteiger partial charge >= 0.3 is 0 Å². The maximum atomic E-state index is 4.47. The lowest BCUT2D eigenvalue weighted by molar-refractivity contribution is 0.529. The number of rotatable bonds is 6. The molecule has 0 saturated carbocycles. The Bertz CT molecular complexity index is 608. The quantitative estimate of drug-likeness (QED) is 0.868. The van der Waals surface area contributed by atoms with Gasteiger partial charge < -0.3 is 5.32 Å². The Hall–Kier alpha value is -1.27. The Labute approximate surface area is 134 Å². The molecule has 0 spiro atoms. The summed E-state index contributed by atoms with van der Waals surface area (Å²) in [5.74, 6) is 0. The first-order valence-corrected chi connectivity index (χ1v) is 8.13. The monoisotopic (exact) mass is 351 g/mol. The normalized spacial score (nSPS) is 12.6. The van der Waals surface area contributed by atoms with Crippen molar-refractivity contribution < 1.29 is 0 Å². The van der Waals surface area contributed by atoms with Crippen LogP contribution in [0.2, 0.25) is 0 Å². The lowest BCUT2D eigenvalue weighted by atomic mass is 10.0. The highest BCUT2D eigenvalue weighted by molar-refractivity contribution is 9.10. The topological polar surface area (TPSA) is 55.6 Å². The lowest BCUT2D eigenvalue weighted by Crippen LogP contribution is -2.24. The number of halogens is 1. The van der Waals surface area contributed by atoms with Crippen LogP contribution < -0.4 is 5.32 Å². The molecule has 2 aromatic heterocycles. The van der Waals surface area contributed by atoms with Crippen molar-refractivity contribution in [2.45, 2.75) is 46.2 Å². The minimum atomic E-state index is 0.0533. The molecule has 0 bridgehead atoms. The largest absolute Gasteiger partial charge is 0.308 e. The highest BCUT2D eigenvalue weighted by Crippen LogP contribution is 2.30. The third kappa shape index (κ3) is 3.32. The molecule has 0 saturated heterocycles. The summed E-state index contributed by atoms with van der Waals surface area (Å²) in [6.07, 6.45) is 3.77.